The van der Waals surface area contributed by atoms with Gasteiger partial charge in [-0.1, -0.05) is 6.07 Å². The van der Waals surface area contributed by atoms with Crippen LogP contribution in [0.15, 0.2) is 22.7 Å². The maximum atomic E-state index is 11.9. The number of hydrogen-bond acceptors (Lipinski definition) is 4. The van der Waals surface area contributed by atoms with Crippen molar-refractivity contribution in [3.05, 3.63) is 28.2 Å². The second-order valence-electron chi connectivity index (χ2n) is 4.86. The molecule has 0 aromatic heterocycles. The van der Waals surface area contributed by atoms with Crippen LogP contribution in [0.1, 0.15) is 5.56 Å². The van der Waals surface area contributed by atoms with Crippen LogP contribution in [0, 0.1) is 6.92 Å². The highest BCUT2D eigenvalue weighted by atomic mass is 79.9. The second kappa shape index (κ2) is 6.00. The van der Waals surface area contributed by atoms with Gasteiger partial charge in [0.25, 0.3) is 0 Å². The predicted octanol–water partition coefficient (Wildman–Crippen LogP) is 0.733. The van der Waals surface area contributed by atoms with Crippen LogP contribution < -0.4 is 5.32 Å². The van der Waals surface area contributed by atoms with E-state index in [0.717, 1.165) is 15.7 Å². The number of likely N-dealkylation sites (tertiary alicyclic amines) is 1. The van der Waals surface area contributed by atoms with Crippen molar-refractivity contribution in [1.29, 1.82) is 0 Å². The Balaban J connectivity index is 1.91. The lowest BCUT2D eigenvalue weighted by molar-refractivity contribution is -0.117. The predicted molar refractivity (Wildman–Crippen MR) is 76.0 cm³/mol. The van der Waals surface area contributed by atoms with E-state index in [0.29, 0.717) is 13.1 Å². The number of nitrogens with one attached hydrogen (secondary N) is 1. The molecule has 0 radical (unpaired) electrons. The molecule has 0 saturated carbocycles. The summed E-state index contributed by atoms with van der Waals surface area (Å²) in [6.07, 6.45) is -1.53. The lowest BCUT2D eigenvalue weighted by Gasteiger charge is -2.15. The monoisotopic (exact) mass is 328 g/mol. The van der Waals surface area contributed by atoms with Gasteiger partial charge in [-0.25, -0.2) is 0 Å². The largest absolute Gasteiger partial charge is 0.389 e. The van der Waals surface area contributed by atoms with Gasteiger partial charge in [0.2, 0.25) is 5.91 Å². The number of aliphatic hydroxyl groups is 2. The zero-order chi connectivity index (χ0) is 14.0. The summed E-state index contributed by atoms with van der Waals surface area (Å²) in [5.41, 5.74) is 1.83. The Hall–Kier alpha value is -0.950. The van der Waals surface area contributed by atoms with Gasteiger partial charge in [0.1, 0.15) is 0 Å². The third kappa shape index (κ3) is 3.76. The number of benzene rings is 1. The zero-order valence-corrected chi connectivity index (χ0v) is 12.2. The fraction of sp³-hybridized carbons (Fsp3) is 0.462. The van der Waals surface area contributed by atoms with Gasteiger partial charge in [-0.2, -0.15) is 0 Å². The molecule has 2 rings (SSSR count). The van der Waals surface area contributed by atoms with Gasteiger partial charge < -0.3 is 15.5 Å². The molecule has 0 spiro atoms. The van der Waals surface area contributed by atoms with E-state index in [1.54, 1.807) is 4.90 Å². The van der Waals surface area contributed by atoms with E-state index >= 15 is 0 Å². The molecule has 1 amide bonds. The topological polar surface area (TPSA) is 72.8 Å². The molecule has 104 valence electrons. The van der Waals surface area contributed by atoms with Crippen LogP contribution in [0.4, 0.5) is 5.69 Å². The van der Waals surface area contributed by atoms with E-state index in [2.05, 4.69) is 21.2 Å². The van der Waals surface area contributed by atoms with Crippen molar-refractivity contribution < 1.29 is 15.0 Å². The van der Waals surface area contributed by atoms with Crippen LogP contribution in [0.3, 0.4) is 0 Å². The minimum atomic E-state index is -0.765. The first-order valence-corrected chi connectivity index (χ1v) is 6.89. The Morgan fingerprint density at radius 2 is 2.05 bits per heavy atom. The normalized spacial score (nSPS) is 23.6. The SMILES string of the molecule is Cc1ccc(NC(=O)CN2CC(O)C(O)C2)c(Br)c1. The summed E-state index contributed by atoms with van der Waals surface area (Å²) in [4.78, 5) is 13.6. The number of halogens is 1. The standard InChI is InChI=1S/C13H17BrN2O3/c1-8-2-3-10(9(14)4-8)15-13(19)7-16-5-11(17)12(18)6-16/h2-4,11-12,17-18H,5-7H2,1H3,(H,15,19). The fourth-order valence-corrected chi connectivity index (χ4v) is 2.68. The molecule has 1 heterocycles. The number of β-amino-alcohol motifs (C(OH)–C–C–N with tert-alkyl or cyclic N) is 2. The number of aryl methyl sites for hydroxylation is 1. The van der Waals surface area contributed by atoms with Crippen molar-refractivity contribution >= 4 is 27.5 Å². The molecular weight excluding hydrogens is 312 g/mol. The van der Waals surface area contributed by atoms with E-state index in [-0.39, 0.29) is 12.5 Å². The molecule has 2 unspecified atom stereocenters. The molecule has 1 aromatic rings. The highest BCUT2D eigenvalue weighted by Gasteiger charge is 2.30. The molecule has 5 nitrogen and oxygen atoms in total. The second-order valence-corrected chi connectivity index (χ2v) is 5.71. The van der Waals surface area contributed by atoms with Crippen molar-refractivity contribution in [2.75, 3.05) is 25.0 Å². The van der Waals surface area contributed by atoms with Gasteiger partial charge in [0.15, 0.2) is 0 Å². The van der Waals surface area contributed by atoms with Crippen LogP contribution in [0.2, 0.25) is 0 Å². The minimum Gasteiger partial charge on any atom is -0.389 e. The van der Waals surface area contributed by atoms with Gasteiger partial charge >= 0.3 is 0 Å². The summed E-state index contributed by atoms with van der Waals surface area (Å²) in [6.45, 7) is 2.78. The molecule has 19 heavy (non-hydrogen) atoms. The number of anilines is 1. The third-order valence-electron chi connectivity index (χ3n) is 3.10. The number of hydrogen-bond donors (Lipinski definition) is 3. The molecule has 6 heteroatoms. The van der Waals surface area contributed by atoms with Crippen LogP contribution >= 0.6 is 15.9 Å². The summed E-state index contributed by atoms with van der Waals surface area (Å²) >= 11 is 3.40. The summed E-state index contributed by atoms with van der Waals surface area (Å²) in [6, 6.07) is 5.69. The van der Waals surface area contributed by atoms with E-state index in [9.17, 15) is 15.0 Å². The molecule has 2 atom stereocenters. The smallest absolute Gasteiger partial charge is 0.238 e. The quantitative estimate of drug-likeness (QED) is 0.765. The first-order chi connectivity index (χ1) is 8.95. The molecule has 1 saturated heterocycles. The van der Waals surface area contributed by atoms with Crippen molar-refractivity contribution in [2.45, 2.75) is 19.1 Å². The van der Waals surface area contributed by atoms with Gasteiger partial charge in [-0.15, -0.1) is 0 Å². The van der Waals surface area contributed by atoms with Gasteiger partial charge in [0, 0.05) is 17.6 Å². The maximum absolute atomic E-state index is 11.9. The fourth-order valence-electron chi connectivity index (χ4n) is 2.09. The summed E-state index contributed by atoms with van der Waals surface area (Å²) < 4.78 is 0.836. The first-order valence-electron chi connectivity index (χ1n) is 6.10. The average Bonchev–Trinajstić information content (AvgIpc) is 2.62. The van der Waals surface area contributed by atoms with Gasteiger partial charge in [-0.05, 0) is 40.5 Å². The summed E-state index contributed by atoms with van der Waals surface area (Å²) in [7, 11) is 0. The van der Waals surface area contributed by atoms with Crippen molar-refractivity contribution in [3.8, 4) is 0 Å². The van der Waals surface area contributed by atoms with Crippen LogP contribution in [0.5, 0.6) is 0 Å². The number of nitrogens with zero attached hydrogens (tertiary/aromatic N) is 1. The van der Waals surface area contributed by atoms with E-state index in [4.69, 9.17) is 0 Å². The van der Waals surface area contributed by atoms with Gasteiger partial charge in [0.05, 0.1) is 24.4 Å². The summed E-state index contributed by atoms with van der Waals surface area (Å²) in [5, 5.41) is 21.6. The van der Waals surface area contributed by atoms with Crippen molar-refractivity contribution in [3.63, 3.8) is 0 Å². The Morgan fingerprint density at radius 3 is 2.63 bits per heavy atom. The van der Waals surface area contributed by atoms with Crippen LogP contribution in [-0.2, 0) is 4.79 Å². The highest BCUT2D eigenvalue weighted by molar-refractivity contribution is 9.10. The highest BCUT2D eigenvalue weighted by Crippen LogP contribution is 2.23. The molecular formula is C13H17BrN2O3. The number of aliphatic hydroxyl groups excluding tert-OH is 2. The third-order valence-corrected chi connectivity index (χ3v) is 3.76. The molecule has 3 N–H and O–H groups in total. The van der Waals surface area contributed by atoms with Crippen molar-refractivity contribution in [1.82, 2.24) is 4.90 Å². The number of rotatable bonds is 3. The molecule has 1 fully saturated rings. The first kappa shape index (κ1) is 14.5. The molecule has 1 aliphatic rings. The Labute approximate surface area is 120 Å². The van der Waals surface area contributed by atoms with Crippen LogP contribution in [0.25, 0.3) is 0 Å². The van der Waals surface area contributed by atoms with Crippen LogP contribution in [-0.4, -0.2) is 52.9 Å². The number of amides is 1. The molecule has 1 aromatic carbocycles. The number of carbonyl (C=O) groups excluding carboxylic acids is 1. The summed E-state index contributed by atoms with van der Waals surface area (Å²) in [5.74, 6) is -0.161. The van der Waals surface area contributed by atoms with Crippen molar-refractivity contribution in [2.24, 2.45) is 0 Å². The van der Waals surface area contributed by atoms with E-state index < -0.39 is 12.2 Å². The van der Waals surface area contributed by atoms with E-state index in [1.807, 2.05) is 25.1 Å². The molecule has 1 aliphatic heterocycles. The van der Waals surface area contributed by atoms with E-state index in [1.165, 1.54) is 0 Å². The zero-order valence-electron chi connectivity index (χ0n) is 10.6. The maximum Gasteiger partial charge on any atom is 0.238 e. The lowest BCUT2D eigenvalue weighted by atomic mass is 10.2. The average molecular weight is 329 g/mol. The Bertz CT molecular complexity index is 471. The lowest BCUT2D eigenvalue weighted by Crippen LogP contribution is -2.32. The number of carbonyl (C=O) groups is 1. The Morgan fingerprint density at radius 1 is 1.42 bits per heavy atom. The molecule has 0 aliphatic carbocycles. The molecule has 0 bridgehead atoms. The minimum absolute atomic E-state index is 0.161. The van der Waals surface area contributed by atoms with Gasteiger partial charge in [-0.3, -0.25) is 9.69 Å². The Kier molecular flexibility index (Phi) is 4.57.